The molecule has 0 saturated heterocycles. The fourth-order valence-corrected chi connectivity index (χ4v) is 3.89. The van der Waals surface area contributed by atoms with Gasteiger partial charge in [0.1, 0.15) is 10.5 Å². The Morgan fingerprint density at radius 3 is 2.59 bits per heavy atom. The van der Waals surface area contributed by atoms with E-state index in [0.717, 1.165) is 22.7 Å². The molecule has 0 aliphatic heterocycles. The third kappa shape index (κ3) is 3.21. The molecule has 138 valence electrons. The molecule has 0 fully saturated rings. The number of halogens is 3. The summed E-state index contributed by atoms with van der Waals surface area (Å²) in [5.74, 6) is 0. The molecule has 2 aromatic heterocycles. The van der Waals surface area contributed by atoms with Crippen LogP contribution in [0.15, 0.2) is 48.7 Å². The summed E-state index contributed by atoms with van der Waals surface area (Å²) in [6, 6.07) is 11.4. The van der Waals surface area contributed by atoms with Crippen molar-refractivity contribution >= 4 is 22.4 Å². The second kappa shape index (κ2) is 6.45. The maximum Gasteiger partial charge on any atom is 0.417 e. The standard InChI is InChI=1S/C19H15F3N4S/c1-11(2)26-16-8-7-12(9-15(16)24-25-26)18-23-10-17(27-18)13-5-3-4-6-14(13)19(20,21)22/h3-11H,1-2H3. The molecular formula is C19H15F3N4S. The highest BCUT2D eigenvalue weighted by Crippen LogP contribution is 2.40. The minimum Gasteiger partial charge on any atom is -0.244 e. The van der Waals surface area contributed by atoms with Crippen LogP contribution in [0, 0.1) is 0 Å². The SMILES string of the molecule is CC(C)n1nnc2cc(-c3ncc(-c4ccccc4C(F)(F)F)s3)ccc21. The molecule has 0 aliphatic carbocycles. The lowest BCUT2D eigenvalue weighted by Crippen LogP contribution is -2.06. The normalized spacial score (nSPS) is 12.2. The number of hydrogen-bond acceptors (Lipinski definition) is 4. The largest absolute Gasteiger partial charge is 0.417 e. The Morgan fingerprint density at radius 1 is 1.07 bits per heavy atom. The Bertz CT molecular complexity index is 1110. The summed E-state index contributed by atoms with van der Waals surface area (Å²) < 4.78 is 41.6. The second-order valence-electron chi connectivity index (χ2n) is 6.40. The Labute approximate surface area is 157 Å². The second-order valence-corrected chi connectivity index (χ2v) is 7.43. The van der Waals surface area contributed by atoms with Crippen LogP contribution >= 0.6 is 11.3 Å². The topological polar surface area (TPSA) is 43.6 Å². The van der Waals surface area contributed by atoms with E-state index < -0.39 is 11.7 Å². The number of benzene rings is 2. The maximum atomic E-state index is 13.3. The monoisotopic (exact) mass is 388 g/mol. The predicted octanol–water partition coefficient (Wildman–Crippen LogP) is 5.82. The molecule has 2 heterocycles. The summed E-state index contributed by atoms with van der Waals surface area (Å²) in [6.07, 6.45) is -2.92. The van der Waals surface area contributed by atoms with Gasteiger partial charge >= 0.3 is 6.18 Å². The van der Waals surface area contributed by atoms with Crippen molar-refractivity contribution in [1.29, 1.82) is 0 Å². The minimum atomic E-state index is -4.41. The average Bonchev–Trinajstić information content (AvgIpc) is 3.27. The maximum absolute atomic E-state index is 13.3. The van der Waals surface area contributed by atoms with Crippen molar-refractivity contribution in [3.8, 4) is 21.0 Å². The lowest BCUT2D eigenvalue weighted by atomic mass is 10.1. The van der Waals surface area contributed by atoms with Gasteiger partial charge in [-0.2, -0.15) is 13.2 Å². The molecule has 0 amide bonds. The Morgan fingerprint density at radius 2 is 1.85 bits per heavy atom. The van der Waals surface area contributed by atoms with Crippen LogP contribution in [-0.2, 0) is 6.18 Å². The van der Waals surface area contributed by atoms with Crippen LogP contribution in [-0.4, -0.2) is 20.0 Å². The molecule has 27 heavy (non-hydrogen) atoms. The van der Waals surface area contributed by atoms with Crippen LogP contribution in [0.4, 0.5) is 13.2 Å². The van der Waals surface area contributed by atoms with Crippen LogP contribution in [0.2, 0.25) is 0 Å². The molecule has 0 aliphatic rings. The molecule has 4 rings (SSSR count). The van der Waals surface area contributed by atoms with Gasteiger partial charge in [0.25, 0.3) is 0 Å². The predicted molar refractivity (Wildman–Crippen MR) is 99.5 cm³/mol. The van der Waals surface area contributed by atoms with Crippen LogP contribution in [0.25, 0.3) is 32.0 Å². The van der Waals surface area contributed by atoms with Gasteiger partial charge in [0.05, 0.1) is 16.0 Å². The van der Waals surface area contributed by atoms with E-state index >= 15 is 0 Å². The highest BCUT2D eigenvalue weighted by Gasteiger charge is 2.33. The van der Waals surface area contributed by atoms with Crippen LogP contribution in [0.3, 0.4) is 0 Å². The first-order valence-electron chi connectivity index (χ1n) is 8.32. The Kier molecular flexibility index (Phi) is 4.22. The molecule has 2 aromatic carbocycles. The van der Waals surface area contributed by atoms with Crippen molar-refractivity contribution in [3.63, 3.8) is 0 Å². The fourth-order valence-electron chi connectivity index (χ4n) is 2.93. The third-order valence-corrected chi connectivity index (χ3v) is 5.29. The van der Waals surface area contributed by atoms with E-state index in [9.17, 15) is 13.2 Å². The molecule has 0 unspecified atom stereocenters. The highest BCUT2D eigenvalue weighted by atomic mass is 32.1. The first kappa shape index (κ1) is 17.7. The van der Waals surface area contributed by atoms with Crippen LogP contribution < -0.4 is 0 Å². The zero-order valence-corrected chi connectivity index (χ0v) is 15.3. The van der Waals surface area contributed by atoms with Gasteiger partial charge in [-0.1, -0.05) is 23.4 Å². The highest BCUT2D eigenvalue weighted by molar-refractivity contribution is 7.18. The van der Waals surface area contributed by atoms with Crippen molar-refractivity contribution in [2.45, 2.75) is 26.1 Å². The zero-order chi connectivity index (χ0) is 19.2. The number of rotatable bonds is 3. The molecule has 0 spiro atoms. The summed E-state index contributed by atoms with van der Waals surface area (Å²) >= 11 is 1.22. The van der Waals surface area contributed by atoms with Crippen molar-refractivity contribution in [3.05, 3.63) is 54.2 Å². The van der Waals surface area contributed by atoms with Gasteiger partial charge in [-0.3, -0.25) is 0 Å². The molecule has 4 nitrogen and oxygen atoms in total. The fraction of sp³-hybridized carbons (Fsp3) is 0.211. The Hall–Kier alpha value is -2.74. The first-order valence-corrected chi connectivity index (χ1v) is 9.14. The van der Waals surface area contributed by atoms with Gasteiger partial charge in [0, 0.05) is 23.4 Å². The number of fused-ring (bicyclic) bond motifs is 1. The number of nitrogens with zero attached hydrogens (tertiary/aromatic N) is 4. The summed E-state index contributed by atoms with van der Waals surface area (Å²) in [5.41, 5.74) is 1.93. The van der Waals surface area contributed by atoms with E-state index in [1.54, 1.807) is 6.07 Å². The van der Waals surface area contributed by atoms with Gasteiger partial charge in [-0.25, -0.2) is 9.67 Å². The van der Waals surface area contributed by atoms with E-state index in [4.69, 9.17) is 0 Å². The molecule has 0 radical (unpaired) electrons. The lowest BCUT2D eigenvalue weighted by molar-refractivity contribution is -0.137. The van der Waals surface area contributed by atoms with E-state index in [-0.39, 0.29) is 11.6 Å². The number of aromatic nitrogens is 4. The summed E-state index contributed by atoms with van der Waals surface area (Å²) in [5, 5.41) is 8.97. The molecule has 8 heteroatoms. The first-order chi connectivity index (χ1) is 12.8. The van der Waals surface area contributed by atoms with Crippen LogP contribution in [0.1, 0.15) is 25.5 Å². The molecule has 0 bridgehead atoms. The summed E-state index contributed by atoms with van der Waals surface area (Å²) in [6.45, 7) is 4.04. The number of alkyl halides is 3. The molecule has 0 N–H and O–H groups in total. The smallest absolute Gasteiger partial charge is 0.244 e. The number of hydrogen-bond donors (Lipinski definition) is 0. The van der Waals surface area contributed by atoms with E-state index in [2.05, 4.69) is 15.3 Å². The minimum absolute atomic E-state index is 0.139. The van der Waals surface area contributed by atoms with Gasteiger partial charge in [0.15, 0.2) is 0 Å². The number of thiazole rings is 1. The molecule has 0 atom stereocenters. The molecule has 4 aromatic rings. The van der Waals surface area contributed by atoms with E-state index in [0.29, 0.717) is 9.88 Å². The quantitative estimate of drug-likeness (QED) is 0.444. The van der Waals surface area contributed by atoms with Crippen molar-refractivity contribution < 1.29 is 13.2 Å². The van der Waals surface area contributed by atoms with E-state index in [1.807, 2.05) is 36.7 Å². The average molecular weight is 388 g/mol. The zero-order valence-electron chi connectivity index (χ0n) is 14.5. The summed E-state index contributed by atoms with van der Waals surface area (Å²) in [4.78, 5) is 4.81. The third-order valence-electron chi connectivity index (χ3n) is 4.21. The summed E-state index contributed by atoms with van der Waals surface area (Å²) in [7, 11) is 0. The molecule has 0 saturated carbocycles. The lowest BCUT2D eigenvalue weighted by Gasteiger charge is -2.10. The van der Waals surface area contributed by atoms with Gasteiger partial charge in [-0.15, -0.1) is 16.4 Å². The van der Waals surface area contributed by atoms with Crippen molar-refractivity contribution in [2.75, 3.05) is 0 Å². The Balaban J connectivity index is 1.75. The van der Waals surface area contributed by atoms with Crippen LogP contribution in [0.5, 0.6) is 0 Å². The van der Waals surface area contributed by atoms with Crippen molar-refractivity contribution in [2.24, 2.45) is 0 Å². The van der Waals surface area contributed by atoms with Crippen molar-refractivity contribution in [1.82, 2.24) is 20.0 Å². The van der Waals surface area contributed by atoms with Gasteiger partial charge < -0.3 is 0 Å². The van der Waals surface area contributed by atoms with Gasteiger partial charge in [-0.05, 0) is 38.1 Å². The van der Waals surface area contributed by atoms with Gasteiger partial charge in [0.2, 0.25) is 0 Å². The van der Waals surface area contributed by atoms with E-state index in [1.165, 1.54) is 29.7 Å². The molecular weight excluding hydrogens is 373 g/mol.